The minimum atomic E-state index is -0.564. The van der Waals surface area contributed by atoms with Crippen molar-refractivity contribution in [2.75, 3.05) is 4.90 Å². The number of nitrogens with one attached hydrogen (secondary N) is 1. The summed E-state index contributed by atoms with van der Waals surface area (Å²) in [6.07, 6.45) is 1.45. The minimum absolute atomic E-state index is 0.0251. The summed E-state index contributed by atoms with van der Waals surface area (Å²) in [6.45, 7) is 0. The molecule has 1 aliphatic rings. The van der Waals surface area contributed by atoms with Gasteiger partial charge in [-0.15, -0.1) is 0 Å². The summed E-state index contributed by atoms with van der Waals surface area (Å²) in [7, 11) is 0. The Morgan fingerprint density at radius 1 is 1.12 bits per heavy atom. The largest absolute Gasteiger partial charge is 0.507 e. The Hall–Kier alpha value is -2.03. The highest BCUT2D eigenvalue weighted by Gasteiger charge is 2.34. The summed E-state index contributed by atoms with van der Waals surface area (Å²) < 4.78 is 1.25. The third-order valence-corrected chi connectivity index (χ3v) is 4.86. The van der Waals surface area contributed by atoms with Crippen LogP contribution in [0.2, 0.25) is 0 Å². The number of phenols is 1. The summed E-state index contributed by atoms with van der Waals surface area (Å²) in [5, 5.41) is 12.1. The summed E-state index contributed by atoms with van der Waals surface area (Å²) >= 11 is 11.7. The van der Waals surface area contributed by atoms with E-state index in [-0.39, 0.29) is 16.4 Å². The molecule has 0 radical (unpaired) electrons. The van der Waals surface area contributed by atoms with E-state index in [0.717, 1.165) is 4.47 Å². The number of thiocarbonyl (C=S) groups is 1. The van der Waals surface area contributed by atoms with Crippen LogP contribution in [0.15, 0.2) is 57.0 Å². The molecule has 0 atom stereocenters. The van der Waals surface area contributed by atoms with Crippen LogP contribution in [-0.2, 0) is 9.59 Å². The molecule has 2 aromatic rings. The SMILES string of the molecule is O=C1NC(=S)N(c2cccc(Br)c2)C(=O)/C1=C/c1ccc(O)c(Br)c1. The molecule has 2 aromatic carbocycles. The van der Waals surface area contributed by atoms with Crippen molar-refractivity contribution in [1.82, 2.24) is 5.32 Å². The molecule has 1 fully saturated rings. The number of carbonyl (C=O) groups excluding carboxylic acids is 2. The number of anilines is 1. The fraction of sp³-hybridized carbons (Fsp3) is 0. The van der Waals surface area contributed by atoms with Gasteiger partial charge in [0.15, 0.2) is 5.11 Å². The number of benzene rings is 2. The van der Waals surface area contributed by atoms with E-state index in [2.05, 4.69) is 37.2 Å². The van der Waals surface area contributed by atoms with E-state index in [4.69, 9.17) is 12.2 Å². The molecule has 0 bridgehead atoms. The number of phenolic OH excluding ortho intramolecular Hbond substituents is 1. The molecule has 2 N–H and O–H groups in total. The van der Waals surface area contributed by atoms with Crippen molar-refractivity contribution in [3.8, 4) is 5.75 Å². The van der Waals surface area contributed by atoms with Crippen molar-refractivity contribution < 1.29 is 14.7 Å². The summed E-state index contributed by atoms with van der Waals surface area (Å²) in [4.78, 5) is 26.3. The van der Waals surface area contributed by atoms with E-state index in [0.29, 0.717) is 15.7 Å². The van der Waals surface area contributed by atoms with Gasteiger partial charge in [0.05, 0.1) is 10.2 Å². The zero-order chi connectivity index (χ0) is 18.1. The Labute approximate surface area is 165 Å². The molecule has 3 rings (SSSR count). The maximum atomic E-state index is 12.8. The Bertz CT molecular complexity index is 943. The molecule has 1 saturated heterocycles. The van der Waals surface area contributed by atoms with Crippen molar-refractivity contribution in [3.05, 3.63) is 62.5 Å². The average molecular weight is 482 g/mol. The normalized spacial score (nSPS) is 16.3. The van der Waals surface area contributed by atoms with Crippen LogP contribution in [0.3, 0.4) is 0 Å². The van der Waals surface area contributed by atoms with Gasteiger partial charge in [-0.05, 0) is 70.1 Å². The number of hydrogen-bond donors (Lipinski definition) is 2. The van der Waals surface area contributed by atoms with Crippen LogP contribution < -0.4 is 10.2 Å². The van der Waals surface area contributed by atoms with Gasteiger partial charge >= 0.3 is 0 Å². The molecule has 0 aromatic heterocycles. The Morgan fingerprint density at radius 3 is 2.56 bits per heavy atom. The number of hydrogen-bond acceptors (Lipinski definition) is 4. The summed E-state index contributed by atoms with van der Waals surface area (Å²) in [5.41, 5.74) is 1.08. The second-order valence-corrected chi connectivity index (χ2v) is 7.31. The van der Waals surface area contributed by atoms with Crippen LogP contribution in [0.4, 0.5) is 5.69 Å². The van der Waals surface area contributed by atoms with Gasteiger partial charge in [-0.2, -0.15) is 0 Å². The highest BCUT2D eigenvalue weighted by Crippen LogP contribution is 2.27. The first-order chi connectivity index (χ1) is 11.9. The lowest BCUT2D eigenvalue weighted by molar-refractivity contribution is -0.122. The van der Waals surface area contributed by atoms with Crippen LogP contribution >= 0.6 is 44.1 Å². The van der Waals surface area contributed by atoms with Crippen molar-refractivity contribution in [2.45, 2.75) is 0 Å². The van der Waals surface area contributed by atoms with E-state index >= 15 is 0 Å². The first-order valence-corrected chi connectivity index (χ1v) is 9.02. The summed E-state index contributed by atoms with van der Waals surface area (Å²) in [5.74, 6) is -1.01. The standard InChI is InChI=1S/C17H10Br2N2O3S/c18-10-2-1-3-11(8-10)21-16(24)12(15(23)20-17(21)25)6-9-4-5-14(22)13(19)7-9/h1-8,22H,(H,20,23,25)/b12-6+. The van der Waals surface area contributed by atoms with Gasteiger partial charge < -0.3 is 5.11 Å². The second-order valence-electron chi connectivity index (χ2n) is 5.15. The van der Waals surface area contributed by atoms with Crippen LogP contribution in [0.1, 0.15) is 5.56 Å². The zero-order valence-electron chi connectivity index (χ0n) is 12.5. The fourth-order valence-electron chi connectivity index (χ4n) is 2.29. The monoisotopic (exact) mass is 480 g/mol. The molecule has 0 unspecified atom stereocenters. The molecule has 5 nitrogen and oxygen atoms in total. The van der Waals surface area contributed by atoms with Crippen molar-refractivity contribution in [3.63, 3.8) is 0 Å². The molecule has 0 aliphatic carbocycles. The lowest BCUT2D eigenvalue weighted by Gasteiger charge is -2.29. The Balaban J connectivity index is 2.03. The van der Waals surface area contributed by atoms with Gasteiger partial charge in [-0.25, -0.2) is 0 Å². The Morgan fingerprint density at radius 2 is 1.88 bits per heavy atom. The second kappa shape index (κ2) is 7.07. The van der Waals surface area contributed by atoms with Gasteiger partial charge in [0.2, 0.25) is 0 Å². The van der Waals surface area contributed by atoms with Crippen molar-refractivity contribution >= 4 is 72.8 Å². The molecule has 1 heterocycles. The molecule has 1 aliphatic heterocycles. The fourth-order valence-corrected chi connectivity index (χ4v) is 3.35. The van der Waals surface area contributed by atoms with Crippen LogP contribution in [0.25, 0.3) is 6.08 Å². The highest BCUT2D eigenvalue weighted by molar-refractivity contribution is 9.10. The van der Waals surface area contributed by atoms with Gasteiger partial charge in [0, 0.05) is 4.47 Å². The molecular weight excluding hydrogens is 472 g/mol. The predicted octanol–water partition coefficient (Wildman–Crippen LogP) is 3.75. The topological polar surface area (TPSA) is 69.6 Å². The van der Waals surface area contributed by atoms with Crippen molar-refractivity contribution in [1.29, 1.82) is 0 Å². The number of aromatic hydroxyl groups is 1. The first-order valence-electron chi connectivity index (χ1n) is 7.02. The number of carbonyl (C=O) groups is 2. The maximum absolute atomic E-state index is 12.8. The Kier molecular flexibility index (Phi) is 5.03. The lowest BCUT2D eigenvalue weighted by atomic mass is 10.1. The molecule has 2 amide bonds. The molecule has 8 heteroatoms. The maximum Gasteiger partial charge on any atom is 0.270 e. The molecular formula is C17H10Br2N2O3S. The van der Waals surface area contributed by atoms with Gasteiger partial charge in [-0.1, -0.05) is 28.1 Å². The number of nitrogens with zero attached hydrogens (tertiary/aromatic N) is 1. The van der Waals surface area contributed by atoms with Crippen molar-refractivity contribution in [2.24, 2.45) is 0 Å². The number of rotatable bonds is 2. The van der Waals surface area contributed by atoms with Crippen LogP contribution in [0.5, 0.6) is 5.75 Å². The quantitative estimate of drug-likeness (QED) is 0.389. The van der Waals surface area contributed by atoms with Gasteiger partial charge in [-0.3, -0.25) is 19.8 Å². The molecule has 0 spiro atoms. The van der Waals surface area contributed by atoms with E-state index < -0.39 is 11.8 Å². The average Bonchev–Trinajstić information content (AvgIpc) is 2.54. The van der Waals surface area contributed by atoms with E-state index in [1.165, 1.54) is 17.0 Å². The van der Waals surface area contributed by atoms with Crippen LogP contribution in [0, 0.1) is 0 Å². The van der Waals surface area contributed by atoms with Crippen LogP contribution in [-0.4, -0.2) is 22.0 Å². The molecule has 126 valence electrons. The third kappa shape index (κ3) is 3.65. The van der Waals surface area contributed by atoms with Gasteiger partial charge in [0.25, 0.3) is 11.8 Å². The van der Waals surface area contributed by atoms with E-state index in [1.54, 1.807) is 30.3 Å². The smallest absolute Gasteiger partial charge is 0.270 e. The molecule has 0 saturated carbocycles. The predicted molar refractivity (Wildman–Crippen MR) is 106 cm³/mol. The lowest BCUT2D eigenvalue weighted by Crippen LogP contribution is -2.54. The third-order valence-electron chi connectivity index (χ3n) is 3.45. The number of halogens is 2. The van der Waals surface area contributed by atoms with E-state index in [1.807, 2.05) is 6.07 Å². The van der Waals surface area contributed by atoms with Gasteiger partial charge in [0.1, 0.15) is 11.3 Å². The zero-order valence-corrected chi connectivity index (χ0v) is 16.5. The summed E-state index contributed by atoms with van der Waals surface area (Å²) in [6, 6.07) is 11.7. The highest BCUT2D eigenvalue weighted by atomic mass is 79.9. The first kappa shape index (κ1) is 17.8. The molecule has 25 heavy (non-hydrogen) atoms. The number of amides is 2. The van der Waals surface area contributed by atoms with E-state index in [9.17, 15) is 14.7 Å². The minimum Gasteiger partial charge on any atom is -0.507 e.